The zero-order valence-corrected chi connectivity index (χ0v) is 59.8. The SMILES string of the molecule is CC(C)CCCCCCCCCCCCCCCCC(=O)O[C@H](COC(=O)CCCCCCCCC(C)C)COP(=O)(O)OC[C@H](O)COP(=O)(O)OC[C@@H](COC(=O)CCCCCCCCCCC(C)C)OC(=O)CCCCCCCCCCCC(C)C. The van der Waals surface area contributed by atoms with E-state index in [1.807, 2.05) is 0 Å². The first-order valence-corrected chi connectivity index (χ1v) is 39.2. The molecule has 3 N–H and O–H groups in total. The molecule has 0 saturated heterocycles. The summed E-state index contributed by atoms with van der Waals surface area (Å²) < 4.78 is 68.2. The van der Waals surface area contributed by atoms with Crippen molar-refractivity contribution in [3.63, 3.8) is 0 Å². The van der Waals surface area contributed by atoms with Crippen LogP contribution >= 0.6 is 15.6 Å². The molecule has 0 radical (unpaired) electrons. The predicted molar refractivity (Wildman–Crippen MR) is 358 cm³/mol. The van der Waals surface area contributed by atoms with Gasteiger partial charge in [-0.05, 0) is 49.4 Å². The molecule has 0 aromatic rings. The Morgan fingerprint density at radius 3 is 0.697 bits per heavy atom. The Morgan fingerprint density at radius 1 is 0.281 bits per heavy atom. The van der Waals surface area contributed by atoms with E-state index >= 15 is 0 Å². The lowest BCUT2D eigenvalue weighted by Gasteiger charge is -2.21. The van der Waals surface area contributed by atoms with Crippen LogP contribution in [0.5, 0.6) is 0 Å². The molecule has 0 spiro atoms. The minimum atomic E-state index is -4.95. The molecule has 0 aliphatic rings. The van der Waals surface area contributed by atoms with Gasteiger partial charge < -0.3 is 33.8 Å². The molecule has 19 heteroatoms. The van der Waals surface area contributed by atoms with Crippen molar-refractivity contribution in [3.8, 4) is 0 Å². The summed E-state index contributed by atoms with van der Waals surface area (Å²) in [5, 5.41) is 10.6. The molecule has 0 bridgehead atoms. The molecule has 5 atom stereocenters. The zero-order chi connectivity index (χ0) is 66.1. The molecular weight excluding hydrogens is 1170 g/mol. The Hall–Kier alpha value is -1.94. The van der Waals surface area contributed by atoms with E-state index in [9.17, 15) is 43.2 Å². The Kier molecular flexibility index (Phi) is 58.5. The monoisotopic (exact) mass is 1310 g/mol. The fraction of sp³-hybridized carbons (Fsp3) is 0.943. The number of aliphatic hydroxyl groups excluding tert-OH is 1. The van der Waals surface area contributed by atoms with Crippen molar-refractivity contribution in [1.82, 2.24) is 0 Å². The first-order valence-electron chi connectivity index (χ1n) is 36.2. The van der Waals surface area contributed by atoms with E-state index in [2.05, 4.69) is 55.4 Å². The van der Waals surface area contributed by atoms with Gasteiger partial charge in [-0.25, -0.2) is 9.13 Å². The summed E-state index contributed by atoms with van der Waals surface area (Å²) in [5.74, 6) is 0.805. The topological polar surface area (TPSA) is 237 Å². The maximum atomic E-state index is 13.0. The largest absolute Gasteiger partial charge is 0.472 e. The van der Waals surface area contributed by atoms with Gasteiger partial charge in [0.05, 0.1) is 26.4 Å². The van der Waals surface area contributed by atoms with Gasteiger partial charge in [-0.15, -0.1) is 0 Å². The van der Waals surface area contributed by atoms with Gasteiger partial charge in [0.25, 0.3) is 0 Å². The first-order chi connectivity index (χ1) is 42.6. The maximum Gasteiger partial charge on any atom is 0.472 e. The summed E-state index contributed by atoms with van der Waals surface area (Å²) in [6.45, 7) is 14.0. The van der Waals surface area contributed by atoms with Gasteiger partial charge in [0, 0.05) is 25.7 Å². The van der Waals surface area contributed by atoms with Crippen molar-refractivity contribution in [2.45, 2.75) is 363 Å². The number of hydrogen-bond acceptors (Lipinski definition) is 15. The summed E-state index contributed by atoms with van der Waals surface area (Å²) in [5.41, 5.74) is 0. The van der Waals surface area contributed by atoms with Crippen LogP contribution in [-0.2, 0) is 65.4 Å². The highest BCUT2D eigenvalue weighted by molar-refractivity contribution is 7.47. The molecule has 0 heterocycles. The Morgan fingerprint density at radius 2 is 0.472 bits per heavy atom. The molecule has 0 rings (SSSR count). The fourth-order valence-electron chi connectivity index (χ4n) is 10.5. The molecule has 0 aromatic carbocycles. The van der Waals surface area contributed by atoms with Gasteiger partial charge in [0.1, 0.15) is 19.3 Å². The average Bonchev–Trinajstić information content (AvgIpc) is 3.69. The van der Waals surface area contributed by atoms with Crippen molar-refractivity contribution in [2.24, 2.45) is 23.7 Å². The Bertz CT molecular complexity index is 1760. The number of carbonyl (C=O) groups excluding carboxylic acids is 4. The predicted octanol–water partition coefficient (Wildman–Crippen LogP) is 19.7. The highest BCUT2D eigenvalue weighted by Gasteiger charge is 2.30. The normalized spacial score (nSPS) is 14.3. The van der Waals surface area contributed by atoms with Crippen molar-refractivity contribution in [2.75, 3.05) is 39.6 Å². The van der Waals surface area contributed by atoms with Gasteiger partial charge in [-0.2, -0.15) is 0 Å². The summed E-state index contributed by atoms with van der Waals surface area (Å²) in [6.07, 6.45) is 41.9. The number of aliphatic hydroxyl groups is 1. The molecule has 0 aromatic heterocycles. The minimum Gasteiger partial charge on any atom is -0.462 e. The highest BCUT2D eigenvalue weighted by Crippen LogP contribution is 2.45. The first kappa shape index (κ1) is 87.1. The highest BCUT2D eigenvalue weighted by atomic mass is 31.2. The smallest absolute Gasteiger partial charge is 0.462 e. The summed E-state index contributed by atoms with van der Waals surface area (Å²) >= 11 is 0. The standard InChI is InChI=1S/C70H136O17P2/c1-60(2)46-38-30-22-16-13-11-9-10-12-14-18-26-36-44-52-69(74)87-66(57-81-68(73)51-43-35-29-28-33-41-49-63(7)8)59-85-89(78,79)83-55-64(71)54-82-88(76,77)84-58-65(56-80-67(72)50-42-34-25-21-20-24-32-40-48-62(5)6)86-70(75)53-45-37-27-19-15-17-23-31-39-47-61(3)4/h60-66,71H,9-59H2,1-8H3,(H,76,77)(H,78,79)/t64-,65-,66-/m1/s1. The van der Waals surface area contributed by atoms with E-state index in [1.54, 1.807) is 0 Å². The molecule has 0 fully saturated rings. The maximum absolute atomic E-state index is 13.0. The molecule has 89 heavy (non-hydrogen) atoms. The van der Waals surface area contributed by atoms with Crippen LogP contribution in [0.25, 0.3) is 0 Å². The lowest BCUT2D eigenvalue weighted by atomic mass is 10.0. The number of phosphoric ester groups is 2. The Balaban J connectivity index is 5.22. The molecule has 2 unspecified atom stereocenters. The lowest BCUT2D eigenvalue weighted by molar-refractivity contribution is -0.161. The second kappa shape index (κ2) is 59.8. The van der Waals surface area contributed by atoms with Crippen molar-refractivity contribution in [1.29, 1.82) is 0 Å². The second-order valence-electron chi connectivity index (χ2n) is 27.2. The number of ether oxygens (including phenoxy) is 4. The third-order valence-electron chi connectivity index (χ3n) is 16.1. The van der Waals surface area contributed by atoms with E-state index < -0.39 is 97.5 Å². The van der Waals surface area contributed by atoms with Crippen LogP contribution in [0.4, 0.5) is 0 Å². The third-order valence-corrected chi connectivity index (χ3v) is 18.0. The minimum absolute atomic E-state index is 0.104. The number of hydrogen-bond donors (Lipinski definition) is 3. The van der Waals surface area contributed by atoms with Gasteiger partial charge in [-0.3, -0.25) is 37.3 Å². The quantitative estimate of drug-likeness (QED) is 0.0222. The van der Waals surface area contributed by atoms with Gasteiger partial charge in [0.2, 0.25) is 0 Å². The molecule has 0 amide bonds. The van der Waals surface area contributed by atoms with Crippen LogP contribution in [0.1, 0.15) is 344 Å². The van der Waals surface area contributed by atoms with Gasteiger partial charge >= 0.3 is 39.5 Å². The van der Waals surface area contributed by atoms with E-state index in [1.165, 1.54) is 141 Å². The molecule has 0 saturated carbocycles. The number of esters is 4. The van der Waals surface area contributed by atoms with Crippen molar-refractivity contribution >= 4 is 39.5 Å². The number of carbonyl (C=O) groups is 4. The average molecular weight is 1310 g/mol. The molecule has 0 aliphatic heterocycles. The van der Waals surface area contributed by atoms with Gasteiger partial charge in [0.15, 0.2) is 12.2 Å². The van der Waals surface area contributed by atoms with Crippen molar-refractivity contribution < 1.29 is 80.2 Å². The van der Waals surface area contributed by atoms with Gasteiger partial charge in [-0.1, -0.05) is 293 Å². The van der Waals surface area contributed by atoms with Crippen LogP contribution < -0.4 is 0 Å². The summed E-state index contributed by atoms with van der Waals surface area (Å²) in [4.78, 5) is 72.5. The zero-order valence-electron chi connectivity index (χ0n) is 58.1. The van der Waals surface area contributed by atoms with Crippen LogP contribution in [-0.4, -0.2) is 96.7 Å². The Labute approximate surface area is 543 Å². The van der Waals surface area contributed by atoms with Crippen LogP contribution in [0.2, 0.25) is 0 Å². The number of phosphoric acid groups is 2. The second-order valence-corrected chi connectivity index (χ2v) is 30.1. The molecule has 528 valence electrons. The molecule has 17 nitrogen and oxygen atoms in total. The third kappa shape index (κ3) is 64.6. The number of rotatable bonds is 67. The van der Waals surface area contributed by atoms with Crippen LogP contribution in [0.15, 0.2) is 0 Å². The van der Waals surface area contributed by atoms with E-state index in [4.69, 9.17) is 37.0 Å². The molecular formula is C70H136O17P2. The van der Waals surface area contributed by atoms with E-state index in [0.29, 0.717) is 31.6 Å². The fourth-order valence-corrected chi connectivity index (χ4v) is 12.1. The molecule has 0 aliphatic carbocycles. The van der Waals surface area contributed by atoms with E-state index in [-0.39, 0.29) is 25.7 Å². The van der Waals surface area contributed by atoms with Crippen LogP contribution in [0.3, 0.4) is 0 Å². The number of unbranched alkanes of at least 4 members (excludes halogenated alkanes) is 33. The lowest BCUT2D eigenvalue weighted by Crippen LogP contribution is -2.30. The summed E-state index contributed by atoms with van der Waals surface area (Å²) in [6, 6.07) is 0. The summed E-state index contributed by atoms with van der Waals surface area (Å²) in [7, 11) is -9.90. The van der Waals surface area contributed by atoms with Crippen LogP contribution in [0, 0.1) is 23.7 Å². The van der Waals surface area contributed by atoms with E-state index in [0.717, 1.165) is 114 Å². The van der Waals surface area contributed by atoms with Crippen molar-refractivity contribution in [3.05, 3.63) is 0 Å².